The highest BCUT2D eigenvalue weighted by Crippen LogP contribution is 2.26. The maximum atomic E-state index is 13.0. The predicted molar refractivity (Wildman–Crippen MR) is 125 cm³/mol. The fourth-order valence-electron chi connectivity index (χ4n) is 3.49. The van der Waals surface area contributed by atoms with Gasteiger partial charge in [-0.1, -0.05) is 33.8 Å². The van der Waals surface area contributed by atoms with Gasteiger partial charge in [0.2, 0.25) is 0 Å². The Labute approximate surface area is 185 Å². The zero-order valence-electron chi connectivity index (χ0n) is 19.4. The Kier molecular flexibility index (Phi) is 7.70. The van der Waals surface area contributed by atoms with Gasteiger partial charge in [-0.25, -0.2) is 18.2 Å². The van der Waals surface area contributed by atoms with Crippen LogP contribution >= 0.6 is 0 Å². The molecule has 0 spiro atoms. The largest absolute Gasteiger partial charge is 0.478 e. The van der Waals surface area contributed by atoms with Crippen LogP contribution in [0.2, 0.25) is 0 Å². The molecule has 1 aromatic carbocycles. The second-order valence-corrected chi connectivity index (χ2v) is 10.6. The standard InChI is InChI=1S/C23H33N3O4S/c1-14(2)12-26(13-15(3)4)22-20(23(27)28)10-19(11-24-22)25-31(29,30)21-9-17(6)16(5)8-18(21)7/h8-11,14-15,25H,12-13H2,1-7H3,(H,27,28). The lowest BCUT2D eigenvalue weighted by Crippen LogP contribution is -2.33. The highest BCUT2D eigenvalue weighted by Gasteiger charge is 2.23. The first-order valence-corrected chi connectivity index (χ1v) is 11.9. The number of aromatic carboxylic acids is 1. The SMILES string of the molecule is Cc1cc(C)c(S(=O)(=O)Nc2cnc(N(CC(C)C)CC(C)C)c(C(=O)O)c2)cc1C. The Morgan fingerprint density at radius 1 is 1.00 bits per heavy atom. The number of carboxylic acid groups (broad SMARTS) is 1. The van der Waals surface area contributed by atoms with Gasteiger partial charge in [0.05, 0.1) is 16.8 Å². The average Bonchev–Trinajstić information content (AvgIpc) is 2.62. The van der Waals surface area contributed by atoms with Gasteiger partial charge in [-0.15, -0.1) is 0 Å². The number of hydrogen-bond acceptors (Lipinski definition) is 5. The van der Waals surface area contributed by atoms with E-state index < -0.39 is 16.0 Å². The van der Waals surface area contributed by atoms with E-state index in [0.717, 1.165) is 11.1 Å². The Morgan fingerprint density at radius 2 is 1.55 bits per heavy atom. The molecule has 1 aromatic heterocycles. The van der Waals surface area contributed by atoms with Gasteiger partial charge in [0.15, 0.2) is 0 Å². The third kappa shape index (κ3) is 6.19. The predicted octanol–water partition coefficient (Wildman–Crippen LogP) is 4.62. The number of benzene rings is 1. The van der Waals surface area contributed by atoms with Crippen LogP contribution in [0.1, 0.15) is 54.7 Å². The van der Waals surface area contributed by atoms with Gasteiger partial charge in [-0.05, 0) is 61.4 Å². The van der Waals surface area contributed by atoms with Crippen molar-refractivity contribution < 1.29 is 18.3 Å². The molecule has 31 heavy (non-hydrogen) atoms. The number of aromatic nitrogens is 1. The zero-order chi connectivity index (χ0) is 23.5. The fraction of sp³-hybridized carbons (Fsp3) is 0.478. The topological polar surface area (TPSA) is 99.6 Å². The van der Waals surface area contributed by atoms with Crippen LogP contribution in [0.15, 0.2) is 29.3 Å². The molecule has 0 amide bonds. The highest BCUT2D eigenvalue weighted by atomic mass is 32.2. The highest BCUT2D eigenvalue weighted by molar-refractivity contribution is 7.92. The molecule has 0 saturated heterocycles. The third-order valence-corrected chi connectivity index (χ3v) is 6.42. The van der Waals surface area contributed by atoms with Crippen molar-refractivity contribution in [1.29, 1.82) is 0 Å². The van der Waals surface area contributed by atoms with E-state index in [4.69, 9.17) is 0 Å². The molecule has 1 heterocycles. The Hall–Kier alpha value is -2.61. The molecular weight excluding hydrogens is 414 g/mol. The molecule has 0 aliphatic rings. The molecule has 2 rings (SSSR count). The van der Waals surface area contributed by atoms with Crippen LogP contribution in [-0.2, 0) is 10.0 Å². The van der Waals surface area contributed by atoms with E-state index in [2.05, 4.69) is 37.4 Å². The molecule has 170 valence electrons. The lowest BCUT2D eigenvalue weighted by Gasteiger charge is -2.28. The first kappa shape index (κ1) is 24.7. The van der Waals surface area contributed by atoms with Crippen LogP contribution in [-0.4, -0.2) is 37.6 Å². The molecular formula is C23H33N3O4S. The second-order valence-electron chi connectivity index (χ2n) is 8.90. The number of nitrogens with zero attached hydrogens (tertiary/aromatic N) is 2. The van der Waals surface area contributed by atoms with Crippen molar-refractivity contribution in [3.63, 3.8) is 0 Å². The molecule has 0 aliphatic heterocycles. The number of rotatable bonds is 9. The molecule has 0 aliphatic carbocycles. The number of anilines is 2. The summed E-state index contributed by atoms with van der Waals surface area (Å²) in [5.74, 6) is -0.176. The summed E-state index contributed by atoms with van der Waals surface area (Å²) >= 11 is 0. The van der Waals surface area contributed by atoms with E-state index in [1.807, 2.05) is 24.8 Å². The van der Waals surface area contributed by atoms with Crippen molar-refractivity contribution in [2.24, 2.45) is 11.8 Å². The lowest BCUT2D eigenvalue weighted by molar-refractivity contribution is 0.0697. The van der Waals surface area contributed by atoms with E-state index in [-0.39, 0.29) is 16.1 Å². The summed E-state index contributed by atoms with van der Waals surface area (Å²) in [4.78, 5) is 18.4. The summed E-state index contributed by atoms with van der Waals surface area (Å²) in [6, 6.07) is 4.79. The molecule has 0 bridgehead atoms. The number of pyridine rings is 1. The molecule has 7 nitrogen and oxygen atoms in total. The number of sulfonamides is 1. The number of carbonyl (C=O) groups is 1. The summed E-state index contributed by atoms with van der Waals surface area (Å²) in [5.41, 5.74) is 2.58. The maximum absolute atomic E-state index is 13.0. The van der Waals surface area contributed by atoms with E-state index in [0.29, 0.717) is 36.3 Å². The molecule has 0 atom stereocenters. The van der Waals surface area contributed by atoms with Gasteiger partial charge >= 0.3 is 5.97 Å². The van der Waals surface area contributed by atoms with Gasteiger partial charge < -0.3 is 10.0 Å². The Morgan fingerprint density at radius 3 is 2.06 bits per heavy atom. The van der Waals surface area contributed by atoms with Crippen molar-refractivity contribution in [3.05, 3.63) is 46.6 Å². The van der Waals surface area contributed by atoms with E-state index in [9.17, 15) is 18.3 Å². The minimum absolute atomic E-state index is 0.0293. The monoisotopic (exact) mass is 447 g/mol. The summed E-state index contributed by atoms with van der Waals surface area (Å²) < 4.78 is 28.5. The minimum Gasteiger partial charge on any atom is -0.478 e. The molecule has 0 radical (unpaired) electrons. The van der Waals surface area contributed by atoms with Crippen LogP contribution in [0.4, 0.5) is 11.5 Å². The Bertz CT molecular complexity index is 1050. The summed E-state index contributed by atoms with van der Waals surface area (Å²) in [5, 5.41) is 9.79. The van der Waals surface area contributed by atoms with Gasteiger partial charge in [0, 0.05) is 13.1 Å². The molecule has 0 unspecified atom stereocenters. The van der Waals surface area contributed by atoms with Crippen molar-refractivity contribution in [1.82, 2.24) is 4.98 Å². The van der Waals surface area contributed by atoms with Crippen LogP contribution in [0.5, 0.6) is 0 Å². The van der Waals surface area contributed by atoms with Gasteiger partial charge in [-0.2, -0.15) is 0 Å². The number of carboxylic acids is 1. The first-order chi connectivity index (χ1) is 14.3. The van der Waals surface area contributed by atoms with Crippen molar-refractivity contribution in [2.45, 2.75) is 53.4 Å². The van der Waals surface area contributed by atoms with Crippen molar-refractivity contribution in [2.75, 3.05) is 22.7 Å². The minimum atomic E-state index is -3.89. The van der Waals surface area contributed by atoms with Gasteiger partial charge in [-0.3, -0.25) is 4.72 Å². The van der Waals surface area contributed by atoms with Crippen LogP contribution in [0.3, 0.4) is 0 Å². The van der Waals surface area contributed by atoms with Gasteiger partial charge in [0.25, 0.3) is 10.0 Å². The molecule has 0 fully saturated rings. The molecule has 0 saturated carbocycles. The van der Waals surface area contributed by atoms with E-state index >= 15 is 0 Å². The number of aryl methyl sites for hydroxylation is 3. The van der Waals surface area contributed by atoms with Gasteiger partial charge in [0.1, 0.15) is 11.4 Å². The van der Waals surface area contributed by atoms with Crippen molar-refractivity contribution >= 4 is 27.5 Å². The number of nitrogens with one attached hydrogen (secondary N) is 1. The van der Waals surface area contributed by atoms with E-state index in [1.54, 1.807) is 13.0 Å². The van der Waals surface area contributed by atoms with Crippen LogP contribution < -0.4 is 9.62 Å². The molecule has 2 N–H and O–H groups in total. The average molecular weight is 448 g/mol. The van der Waals surface area contributed by atoms with Crippen molar-refractivity contribution in [3.8, 4) is 0 Å². The van der Waals surface area contributed by atoms with Crippen LogP contribution in [0.25, 0.3) is 0 Å². The smallest absolute Gasteiger partial charge is 0.339 e. The van der Waals surface area contributed by atoms with E-state index in [1.165, 1.54) is 12.3 Å². The molecule has 8 heteroatoms. The maximum Gasteiger partial charge on any atom is 0.339 e. The summed E-state index contributed by atoms with van der Waals surface area (Å²) in [6.45, 7) is 15.0. The third-order valence-electron chi connectivity index (χ3n) is 4.90. The second kappa shape index (κ2) is 9.68. The lowest BCUT2D eigenvalue weighted by atomic mass is 10.1. The van der Waals surface area contributed by atoms with Crippen LogP contribution in [0, 0.1) is 32.6 Å². The quantitative estimate of drug-likeness (QED) is 0.582. The Balaban J connectivity index is 2.46. The summed E-state index contributed by atoms with van der Waals surface area (Å²) in [7, 11) is -3.89. The summed E-state index contributed by atoms with van der Waals surface area (Å²) in [6.07, 6.45) is 1.38. The first-order valence-electron chi connectivity index (χ1n) is 10.4. The molecule has 2 aromatic rings. The zero-order valence-corrected chi connectivity index (χ0v) is 20.2. The fourth-order valence-corrected chi connectivity index (χ4v) is 4.83. The normalized spacial score (nSPS) is 11.8. The number of hydrogen-bond donors (Lipinski definition) is 2.